The molecule has 168 valence electrons. The molecule has 5 nitrogen and oxygen atoms in total. The first-order valence-corrected chi connectivity index (χ1v) is 11.5. The molecule has 1 aliphatic heterocycles. The van der Waals surface area contributed by atoms with E-state index in [1.54, 1.807) is 17.3 Å². The first-order valence-electron chi connectivity index (χ1n) is 11.1. The van der Waals surface area contributed by atoms with Crippen molar-refractivity contribution in [1.29, 1.82) is 0 Å². The van der Waals surface area contributed by atoms with Gasteiger partial charge in [-0.05, 0) is 54.2 Å². The molecule has 1 N–H and O–H groups in total. The van der Waals surface area contributed by atoms with Crippen LogP contribution in [0.3, 0.4) is 0 Å². The number of nitrogens with zero attached hydrogens (tertiary/aromatic N) is 3. The van der Waals surface area contributed by atoms with Gasteiger partial charge in [0.15, 0.2) is 0 Å². The molecule has 1 aliphatic rings. The number of likely N-dealkylation sites (tertiary alicyclic amines) is 1. The van der Waals surface area contributed by atoms with Crippen molar-refractivity contribution in [3.63, 3.8) is 0 Å². The monoisotopic (exact) mass is 466 g/mol. The number of aromatic nitrogens is 2. The molecular weight excluding hydrogens is 439 g/mol. The highest BCUT2D eigenvalue weighted by Crippen LogP contribution is 2.42. The van der Waals surface area contributed by atoms with E-state index in [0.29, 0.717) is 5.82 Å². The lowest BCUT2D eigenvalue weighted by Crippen LogP contribution is -2.73. The van der Waals surface area contributed by atoms with Crippen LogP contribution in [0, 0.1) is 12.7 Å². The summed E-state index contributed by atoms with van der Waals surface area (Å²) in [4.78, 5) is 23.9. The average Bonchev–Trinajstić information content (AvgIpc) is 2.67. The Balaban J connectivity index is 1.82. The fraction of sp³-hybridized carbons (Fsp3) is 0.421. The molecule has 1 aromatic carbocycles. The van der Waals surface area contributed by atoms with Crippen LogP contribution in [0.1, 0.15) is 34.6 Å². The highest BCUT2D eigenvalue weighted by Gasteiger charge is 2.54. The number of carbonyl (C=O) groups excluding carboxylic acids is 1. The van der Waals surface area contributed by atoms with Crippen LogP contribution in [0.2, 0.25) is 5.02 Å². The minimum atomic E-state index is -1.56. The fourth-order valence-corrected chi connectivity index (χ4v) is 5.38. The SMILES string of the molecule is BC(B)(NCC1(F)CC(B)(B)N(C(=O)c2ccc(F)c(Cl)c2)C(B)(B)C1)c1ncc(C)cn1. The van der Waals surface area contributed by atoms with Gasteiger partial charge in [0.05, 0.1) is 5.02 Å². The molecule has 2 aromatic rings. The predicted molar refractivity (Wildman–Crippen MR) is 144 cm³/mol. The second-order valence-electron chi connectivity index (χ2n) is 11.0. The Bertz CT molecular complexity index is 1040. The quantitative estimate of drug-likeness (QED) is 0.479. The molecule has 0 aliphatic carbocycles. The van der Waals surface area contributed by atoms with Crippen molar-refractivity contribution in [2.24, 2.45) is 0 Å². The molecule has 0 spiro atoms. The molecule has 33 heavy (non-hydrogen) atoms. The summed E-state index contributed by atoms with van der Waals surface area (Å²) in [6, 6.07) is 3.92. The molecule has 0 unspecified atom stereocenters. The van der Waals surface area contributed by atoms with Crippen molar-refractivity contribution < 1.29 is 13.6 Å². The Morgan fingerprint density at radius 1 is 1.18 bits per heavy atom. The highest BCUT2D eigenvalue weighted by atomic mass is 35.5. The zero-order valence-electron chi connectivity index (χ0n) is 20.4. The van der Waals surface area contributed by atoms with Gasteiger partial charge in [-0.15, -0.1) is 0 Å². The number of aryl methyl sites for hydroxylation is 1. The van der Waals surface area contributed by atoms with Crippen LogP contribution in [-0.4, -0.2) is 90.7 Å². The number of hydrogen-bond acceptors (Lipinski definition) is 4. The van der Waals surface area contributed by atoms with Crippen LogP contribution in [0.4, 0.5) is 8.78 Å². The van der Waals surface area contributed by atoms with E-state index in [0.717, 1.165) is 5.56 Å². The molecule has 0 saturated carbocycles. The lowest BCUT2D eigenvalue weighted by atomic mass is 9.44. The summed E-state index contributed by atoms with van der Waals surface area (Å²) in [5.41, 5.74) is -0.323. The minimum Gasteiger partial charge on any atom is -0.359 e. The number of hydrogen-bond donors (Lipinski definition) is 1. The summed E-state index contributed by atoms with van der Waals surface area (Å²) in [5.74, 6) is -0.286. The summed E-state index contributed by atoms with van der Waals surface area (Å²) in [6.07, 6.45) is 3.77. The summed E-state index contributed by atoms with van der Waals surface area (Å²) < 4.78 is 29.9. The van der Waals surface area contributed by atoms with Gasteiger partial charge in [-0.2, -0.15) is 0 Å². The molecular formula is C19H27B6ClF2N4O. The molecule has 3 rings (SSSR count). The third kappa shape index (κ3) is 5.51. The van der Waals surface area contributed by atoms with Crippen LogP contribution in [-0.2, 0) is 5.34 Å². The molecule has 1 saturated heterocycles. The third-order valence-corrected chi connectivity index (χ3v) is 6.56. The zero-order valence-corrected chi connectivity index (χ0v) is 21.1. The van der Waals surface area contributed by atoms with E-state index < -0.39 is 27.5 Å². The van der Waals surface area contributed by atoms with Gasteiger partial charge in [0.2, 0.25) is 0 Å². The van der Waals surface area contributed by atoms with Crippen LogP contribution in [0.5, 0.6) is 0 Å². The third-order valence-electron chi connectivity index (χ3n) is 6.27. The van der Waals surface area contributed by atoms with Gasteiger partial charge in [-0.25, -0.2) is 18.7 Å². The second kappa shape index (κ2) is 8.80. The lowest BCUT2D eigenvalue weighted by Gasteiger charge is -2.58. The van der Waals surface area contributed by atoms with Crippen LogP contribution >= 0.6 is 11.6 Å². The fourth-order valence-electron chi connectivity index (χ4n) is 5.20. The molecule has 0 radical (unpaired) electrons. The average molecular weight is 466 g/mol. The van der Waals surface area contributed by atoms with E-state index in [1.807, 2.05) is 54.0 Å². The zero-order chi connectivity index (χ0) is 24.8. The van der Waals surface area contributed by atoms with E-state index in [-0.39, 0.29) is 35.9 Å². The van der Waals surface area contributed by atoms with E-state index >= 15 is 4.39 Å². The summed E-state index contributed by atoms with van der Waals surface area (Å²) in [7, 11) is 11.3. The Kier molecular flexibility index (Phi) is 6.91. The van der Waals surface area contributed by atoms with Crippen molar-refractivity contribution in [2.75, 3.05) is 6.54 Å². The number of benzene rings is 1. The largest absolute Gasteiger partial charge is 0.359 e. The highest BCUT2D eigenvalue weighted by molar-refractivity contribution is 6.46. The number of carbonyl (C=O) groups is 1. The number of halogens is 3. The molecule has 1 amide bonds. The first kappa shape index (κ1) is 25.9. The predicted octanol–water partition coefficient (Wildman–Crippen LogP) is -2.97. The van der Waals surface area contributed by atoms with Crippen LogP contribution in [0.15, 0.2) is 30.6 Å². The smallest absolute Gasteiger partial charge is 0.252 e. The number of nitrogens with one attached hydrogen (secondary N) is 1. The van der Waals surface area contributed by atoms with Crippen LogP contribution in [0.25, 0.3) is 0 Å². The number of rotatable bonds is 5. The maximum absolute atomic E-state index is 16.3. The van der Waals surface area contributed by atoms with Crippen molar-refractivity contribution in [2.45, 2.75) is 41.4 Å². The van der Waals surface area contributed by atoms with Crippen molar-refractivity contribution >= 4 is 64.6 Å². The molecule has 0 atom stereocenters. The standard InChI is InChI=1S/C19H27B6ClF2N4O/c1-10-5-29-15(30-6-10)19(24,25)31-9-16(28)7-17(20,21)32(18(22,23)8-16)14(33)11-2-3-13(27)12(26)4-11/h2-6,31H,7-9,20-25H2,1H3. The van der Waals surface area contributed by atoms with E-state index in [9.17, 15) is 9.18 Å². The number of amides is 1. The topological polar surface area (TPSA) is 58.1 Å². The van der Waals surface area contributed by atoms with Crippen LogP contribution < -0.4 is 5.32 Å². The lowest BCUT2D eigenvalue weighted by molar-refractivity contribution is 0.00392. The van der Waals surface area contributed by atoms with Gasteiger partial charge in [0.1, 0.15) is 64.4 Å². The Morgan fingerprint density at radius 3 is 2.24 bits per heavy atom. The number of piperidine rings is 1. The summed E-state index contributed by atoms with van der Waals surface area (Å²) in [6.45, 7) is 2.01. The molecule has 1 fully saturated rings. The van der Waals surface area contributed by atoms with Gasteiger partial charge in [0, 0.05) is 29.8 Å². The molecule has 0 bridgehead atoms. The summed E-state index contributed by atoms with van der Waals surface area (Å²) in [5, 5.41) is 0.986. The van der Waals surface area contributed by atoms with E-state index in [1.165, 1.54) is 18.2 Å². The maximum atomic E-state index is 16.3. The maximum Gasteiger partial charge on any atom is 0.252 e. The molecule has 2 heterocycles. The Labute approximate surface area is 204 Å². The van der Waals surface area contributed by atoms with Gasteiger partial charge >= 0.3 is 0 Å². The van der Waals surface area contributed by atoms with Gasteiger partial charge in [-0.3, -0.25) is 4.79 Å². The Morgan fingerprint density at radius 2 is 1.73 bits per heavy atom. The minimum absolute atomic E-state index is 0.0918. The summed E-state index contributed by atoms with van der Waals surface area (Å²) >= 11 is 5.90. The Hall–Kier alpha value is -1.73. The normalized spacial score (nSPS) is 19.2. The van der Waals surface area contributed by atoms with E-state index in [4.69, 9.17) is 11.6 Å². The van der Waals surface area contributed by atoms with Crippen molar-refractivity contribution in [1.82, 2.24) is 20.2 Å². The van der Waals surface area contributed by atoms with Crippen molar-refractivity contribution in [3.05, 3.63) is 58.4 Å². The molecule has 1 aromatic heterocycles. The van der Waals surface area contributed by atoms with Gasteiger partial charge in [0.25, 0.3) is 5.91 Å². The van der Waals surface area contributed by atoms with Gasteiger partial charge < -0.3 is 10.2 Å². The van der Waals surface area contributed by atoms with Gasteiger partial charge in [-0.1, -0.05) is 11.6 Å². The molecule has 14 heteroatoms. The first-order chi connectivity index (χ1) is 15.1. The second-order valence-corrected chi connectivity index (χ2v) is 11.4. The van der Waals surface area contributed by atoms with E-state index in [2.05, 4.69) is 15.3 Å². The van der Waals surface area contributed by atoms with Crippen molar-refractivity contribution in [3.8, 4) is 0 Å². The number of alkyl halides is 1.